The lowest BCUT2D eigenvalue weighted by Gasteiger charge is -2.40. The van der Waals surface area contributed by atoms with E-state index in [1.807, 2.05) is 18.2 Å². The Hall–Kier alpha value is -3.40. The Labute approximate surface area is 250 Å². The van der Waals surface area contributed by atoms with Gasteiger partial charge in [-0.2, -0.15) is 5.26 Å². The molecule has 7 rings (SSSR count). The molecule has 3 aliphatic heterocycles. The maximum absolute atomic E-state index is 14.3. The lowest BCUT2D eigenvalue weighted by atomic mass is 9.70. The smallest absolute Gasteiger partial charge is 0.195 e. The van der Waals surface area contributed by atoms with Crippen molar-refractivity contribution in [1.82, 2.24) is 14.8 Å². The Morgan fingerprint density at radius 3 is 2.43 bits per heavy atom. The van der Waals surface area contributed by atoms with Crippen molar-refractivity contribution in [3.8, 4) is 6.07 Å². The molecule has 4 aliphatic rings. The zero-order chi connectivity index (χ0) is 29.2. The van der Waals surface area contributed by atoms with Gasteiger partial charge in [-0.05, 0) is 94.4 Å². The topological polar surface area (TPSA) is 66.4 Å². The molecule has 2 fully saturated rings. The van der Waals surface area contributed by atoms with Crippen LogP contribution in [0.3, 0.4) is 0 Å². The van der Waals surface area contributed by atoms with Crippen molar-refractivity contribution in [1.29, 1.82) is 5.26 Å². The summed E-state index contributed by atoms with van der Waals surface area (Å²) < 4.78 is 0. The summed E-state index contributed by atoms with van der Waals surface area (Å²) in [7, 11) is 0. The van der Waals surface area contributed by atoms with Crippen LogP contribution in [0.2, 0.25) is 0 Å². The van der Waals surface area contributed by atoms with Crippen molar-refractivity contribution >= 4 is 27.9 Å². The van der Waals surface area contributed by atoms with E-state index in [0.717, 1.165) is 65.9 Å². The quantitative estimate of drug-likeness (QED) is 0.395. The van der Waals surface area contributed by atoms with Crippen molar-refractivity contribution < 1.29 is 4.79 Å². The molecular formula is C36H43N5O. The third-order valence-corrected chi connectivity index (χ3v) is 10.6. The zero-order valence-corrected chi connectivity index (χ0v) is 25.6. The molecule has 42 heavy (non-hydrogen) atoms. The Bertz CT molecular complexity index is 1620. The van der Waals surface area contributed by atoms with Gasteiger partial charge in [0, 0.05) is 77.1 Å². The molecule has 1 N–H and O–H groups in total. The van der Waals surface area contributed by atoms with E-state index in [0.29, 0.717) is 17.6 Å². The third kappa shape index (κ3) is 4.41. The largest absolute Gasteiger partial charge is 0.371 e. The molecule has 0 radical (unpaired) electrons. The van der Waals surface area contributed by atoms with E-state index in [1.54, 1.807) is 0 Å². The first-order valence-electron chi connectivity index (χ1n) is 16.0. The number of anilines is 1. The average Bonchev–Trinajstić information content (AvgIpc) is 3.69. The van der Waals surface area contributed by atoms with Crippen molar-refractivity contribution in [3.05, 3.63) is 69.9 Å². The number of likely N-dealkylation sites (tertiary alicyclic amines) is 1. The van der Waals surface area contributed by atoms with Gasteiger partial charge >= 0.3 is 0 Å². The fourth-order valence-corrected chi connectivity index (χ4v) is 8.03. The molecule has 4 heterocycles. The number of hydrogen-bond donors (Lipinski definition) is 1. The van der Waals surface area contributed by atoms with Crippen LogP contribution in [0.5, 0.6) is 0 Å². The van der Waals surface area contributed by atoms with Crippen molar-refractivity contribution in [2.24, 2.45) is 0 Å². The number of nitrogens with one attached hydrogen (secondary N) is 1. The summed E-state index contributed by atoms with van der Waals surface area (Å²) in [6, 6.07) is 13.7. The standard InChI is InChI=1S/C36H43N5O/c1-23(2)39-15-9-25(10-16-39)28-20-29-30(21-32(28)41-17-11-26(12-18-41)40-13-5-6-14-40)36(3,4)35-33(34(29)42)27-8-7-24(22-37)19-31(27)38-35/h7-9,19-21,23,26,38H,5-6,10-18H2,1-4H3. The second-order valence-electron chi connectivity index (χ2n) is 13.6. The first-order chi connectivity index (χ1) is 20.3. The SMILES string of the molecule is CC(C)N1CC=C(c2cc3c(cc2N2CCC(N4CCCC4)CC2)C(C)(C)c2[nH]c4cc(C#N)ccc4c2C3=O)CC1. The van der Waals surface area contributed by atoms with Crippen LogP contribution in [0, 0.1) is 11.3 Å². The second-order valence-corrected chi connectivity index (χ2v) is 13.6. The lowest BCUT2D eigenvalue weighted by Crippen LogP contribution is -2.44. The van der Waals surface area contributed by atoms with Gasteiger partial charge in [0.25, 0.3) is 0 Å². The van der Waals surface area contributed by atoms with Crippen LogP contribution in [-0.4, -0.2) is 71.9 Å². The number of nitriles is 1. The fraction of sp³-hybridized carbons (Fsp3) is 0.500. The summed E-state index contributed by atoms with van der Waals surface area (Å²) in [5, 5.41) is 10.4. The van der Waals surface area contributed by atoms with Crippen LogP contribution in [0.1, 0.15) is 98.1 Å². The predicted molar refractivity (Wildman–Crippen MR) is 170 cm³/mol. The number of ketones is 1. The highest BCUT2D eigenvalue weighted by Crippen LogP contribution is 2.47. The summed E-state index contributed by atoms with van der Waals surface area (Å²) in [6.07, 6.45) is 8.49. The van der Waals surface area contributed by atoms with E-state index in [1.165, 1.54) is 55.6 Å². The van der Waals surface area contributed by atoms with Gasteiger partial charge in [0.2, 0.25) is 0 Å². The normalized spacial score (nSPS) is 21.5. The van der Waals surface area contributed by atoms with Crippen molar-refractivity contribution in [2.45, 2.75) is 77.3 Å². The summed E-state index contributed by atoms with van der Waals surface area (Å²) in [6.45, 7) is 15.6. The Kier molecular flexibility index (Phi) is 6.79. The molecule has 2 saturated heterocycles. The first-order valence-corrected chi connectivity index (χ1v) is 16.0. The highest BCUT2D eigenvalue weighted by molar-refractivity contribution is 6.20. The molecule has 0 bridgehead atoms. The predicted octanol–water partition coefficient (Wildman–Crippen LogP) is 6.47. The molecule has 0 unspecified atom stereocenters. The molecule has 218 valence electrons. The van der Waals surface area contributed by atoms with Crippen LogP contribution in [0.4, 0.5) is 5.69 Å². The maximum atomic E-state index is 14.3. The van der Waals surface area contributed by atoms with E-state index in [9.17, 15) is 10.1 Å². The third-order valence-electron chi connectivity index (χ3n) is 10.6. The maximum Gasteiger partial charge on any atom is 0.195 e. The van der Waals surface area contributed by atoms with Crippen molar-refractivity contribution in [3.63, 3.8) is 0 Å². The van der Waals surface area contributed by atoms with Crippen LogP contribution in [0.15, 0.2) is 36.4 Å². The van der Waals surface area contributed by atoms with Gasteiger partial charge in [0.05, 0.1) is 17.2 Å². The molecule has 1 aliphatic carbocycles. The van der Waals surface area contributed by atoms with Gasteiger partial charge in [0.15, 0.2) is 5.78 Å². The zero-order valence-electron chi connectivity index (χ0n) is 25.6. The molecule has 0 saturated carbocycles. The number of fused-ring (bicyclic) bond motifs is 4. The van der Waals surface area contributed by atoms with Crippen LogP contribution < -0.4 is 4.90 Å². The fourth-order valence-electron chi connectivity index (χ4n) is 8.03. The first kappa shape index (κ1) is 27.4. The Morgan fingerprint density at radius 1 is 1.00 bits per heavy atom. The minimum Gasteiger partial charge on any atom is -0.371 e. The van der Waals surface area contributed by atoms with E-state index in [-0.39, 0.29) is 11.2 Å². The molecule has 0 spiro atoms. The number of carbonyl (C=O) groups excluding carboxylic acids is 1. The van der Waals surface area contributed by atoms with Gasteiger partial charge in [0.1, 0.15) is 0 Å². The van der Waals surface area contributed by atoms with Gasteiger partial charge in [-0.3, -0.25) is 9.69 Å². The minimum absolute atomic E-state index is 0.0936. The van der Waals surface area contributed by atoms with E-state index < -0.39 is 0 Å². The van der Waals surface area contributed by atoms with E-state index in [2.05, 4.69) is 71.7 Å². The van der Waals surface area contributed by atoms with Gasteiger partial charge in [-0.15, -0.1) is 0 Å². The molecule has 3 aromatic rings. The number of piperidine rings is 1. The molecule has 6 nitrogen and oxygen atoms in total. The average molecular weight is 562 g/mol. The van der Waals surface area contributed by atoms with Gasteiger partial charge < -0.3 is 14.8 Å². The van der Waals surface area contributed by atoms with E-state index in [4.69, 9.17) is 0 Å². The van der Waals surface area contributed by atoms with Gasteiger partial charge in [-0.25, -0.2) is 0 Å². The minimum atomic E-state index is -0.374. The lowest BCUT2D eigenvalue weighted by molar-refractivity contribution is 0.103. The van der Waals surface area contributed by atoms with Crippen molar-refractivity contribution in [2.75, 3.05) is 44.2 Å². The summed E-state index contributed by atoms with van der Waals surface area (Å²) in [5.41, 5.74) is 8.67. The monoisotopic (exact) mass is 561 g/mol. The number of benzene rings is 2. The van der Waals surface area contributed by atoms with Crippen LogP contribution in [-0.2, 0) is 5.41 Å². The molecule has 2 aromatic carbocycles. The van der Waals surface area contributed by atoms with Crippen LogP contribution >= 0.6 is 0 Å². The Morgan fingerprint density at radius 2 is 1.76 bits per heavy atom. The van der Waals surface area contributed by atoms with Crippen LogP contribution in [0.25, 0.3) is 16.5 Å². The number of aromatic amines is 1. The van der Waals surface area contributed by atoms with Gasteiger partial charge in [-0.1, -0.05) is 26.0 Å². The molecular weight excluding hydrogens is 518 g/mol. The highest BCUT2D eigenvalue weighted by atomic mass is 16.1. The number of nitrogens with zero attached hydrogens (tertiary/aromatic N) is 4. The van der Waals surface area contributed by atoms with E-state index >= 15 is 0 Å². The number of rotatable bonds is 4. The Balaban J connectivity index is 1.33. The summed E-state index contributed by atoms with van der Waals surface area (Å²) >= 11 is 0. The number of aromatic nitrogens is 1. The molecule has 1 aromatic heterocycles. The number of H-pyrrole nitrogens is 1. The molecule has 6 heteroatoms. The number of hydrogen-bond acceptors (Lipinski definition) is 5. The summed E-state index contributed by atoms with van der Waals surface area (Å²) in [4.78, 5) is 25.8. The summed E-state index contributed by atoms with van der Waals surface area (Å²) in [5.74, 6) is 0.0936. The number of carbonyl (C=O) groups is 1. The second kappa shape index (κ2) is 10.4. The molecule has 0 atom stereocenters. The highest BCUT2D eigenvalue weighted by Gasteiger charge is 2.41. The molecule has 0 amide bonds.